The number of rotatable bonds is 5. The Morgan fingerprint density at radius 1 is 1.12 bits per heavy atom. The molecule has 0 radical (unpaired) electrons. The van der Waals surface area contributed by atoms with Gasteiger partial charge in [0.15, 0.2) is 0 Å². The van der Waals surface area contributed by atoms with Crippen LogP contribution in [0, 0.1) is 0 Å². The molecule has 0 spiro atoms. The maximum atomic E-state index is 12.5. The number of carbonyl (C=O) groups excluding carboxylic acids is 1. The quantitative estimate of drug-likeness (QED) is 0.762. The molecular formula is C20H21N3O. The zero-order valence-electron chi connectivity index (χ0n) is 13.9. The summed E-state index contributed by atoms with van der Waals surface area (Å²) >= 11 is 0. The molecule has 0 bridgehead atoms. The Hall–Kier alpha value is -2.88. The predicted molar refractivity (Wildman–Crippen MR) is 96.3 cm³/mol. The van der Waals surface area contributed by atoms with Crippen LogP contribution in [0.2, 0.25) is 0 Å². The van der Waals surface area contributed by atoms with Crippen molar-refractivity contribution < 1.29 is 4.79 Å². The summed E-state index contributed by atoms with van der Waals surface area (Å²) in [4.78, 5) is 16.5. The molecule has 1 amide bonds. The highest BCUT2D eigenvalue weighted by atomic mass is 16.1. The zero-order chi connectivity index (χ0) is 16.9. The minimum atomic E-state index is -0.0859. The Kier molecular flexibility index (Phi) is 4.75. The van der Waals surface area contributed by atoms with Gasteiger partial charge in [-0.1, -0.05) is 44.2 Å². The van der Waals surface area contributed by atoms with Crippen molar-refractivity contribution in [1.82, 2.24) is 9.55 Å². The summed E-state index contributed by atoms with van der Waals surface area (Å²) in [7, 11) is 0. The third-order valence-electron chi connectivity index (χ3n) is 3.97. The molecule has 0 fully saturated rings. The lowest BCUT2D eigenvalue weighted by Crippen LogP contribution is -2.13. The molecule has 0 unspecified atom stereocenters. The smallest absolute Gasteiger partial charge is 0.255 e. The van der Waals surface area contributed by atoms with E-state index in [-0.39, 0.29) is 5.91 Å². The Morgan fingerprint density at radius 3 is 2.54 bits per heavy atom. The molecule has 4 heteroatoms. The molecule has 1 heterocycles. The lowest BCUT2D eigenvalue weighted by Gasteiger charge is -2.13. The first-order valence-electron chi connectivity index (χ1n) is 8.08. The van der Waals surface area contributed by atoms with Gasteiger partial charge in [-0.05, 0) is 35.2 Å². The van der Waals surface area contributed by atoms with Crippen LogP contribution in [-0.2, 0) is 6.54 Å². The summed E-state index contributed by atoms with van der Waals surface area (Å²) in [6.07, 6.45) is 5.46. The van der Waals surface area contributed by atoms with Crippen molar-refractivity contribution in [3.05, 3.63) is 83.9 Å². The number of amides is 1. The van der Waals surface area contributed by atoms with Crippen LogP contribution < -0.4 is 5.32 Å². The number of hydrogen-bond donors (Lipinski definition) is 1. The standard InChI is InChI=1S/C20H21N3O/c1-15(2)18-5-3-4-6-19(18)22-20(24)17-9-7-16(8-10-17)13-23-12-11-21-14-23/h3-12,14-15H,13H2,1-2H3,(H,22,24). The number of aromatic nitrogens is 2. The zero-order valence-corrected chi connectivity index (χ0v) is 13.9. The average molecular weight is 319 g/mol. The van der Waals surface area contributed by atoms with E-state index in [2.05, 4.69) is 30.2 Å². The number of nitrogens with one attached hydrogen (secondary N) is 1. The van der Waals surface area contributed by atoms with Crippen molar-refractivity contribution in [3.8, 4) is 0 Å². The minimum absolute atomic E-state index is 0.0859. The Morgan fingerprint density at radius 2 is 1.88 bits per heavy atom. The first kappa shape index (κ1) is 16.0. The first-order chi connectivity index (χ1) is 11.6. The van der Waals surface area contributed by atoms with E-state index in [1.807, 2.05) is 53.2 Å². The van der Waals surface area contributed by atoms with Gasteiger partial charge in [-0.25, -0.2) is 4.98 Å². The fourth-order valence-electron chi connectivity index (χ4n) is 2.66. The van der Waals surface area contributed by atoms with E-state index >= 15 is 0 Å². The molecule has 1 N–H and O–H groups in total. The summed E-state index contributed by atoms with van der Waals surface area (Å²) in [5.41, 5.74) is 3.80. The fourth-order valence-corrected chi connectivity index (χ4v) is 2.66. The molecule has 2 aromatic carbocycles. The van der Waals surface area contributed by atoms with Crippen molar-refractivity contribution in [2.24, 2.45) is 0 Å². The number of imidazole rings is 1. The Bertz CT molecular complexity index is 805. The van der Waals surface area contributed by atoms with Crippen LogP contribution in [-0.4, -0.2) is 15.5 Å². The van der Waals surface area contributed by atoms with Gasteiger partial charge in [-0.3, -0.25) is 4.79 Å². The average Bonchev–Trinajstić information content (AvgIpc) is 3.09. The van der Waals surface area contributed by atoms with E-state index in [9.17, 15) is 4.79 Å². The van der Waals surface area contributed by atoms with Gasteiger partial charge in [-0.15, -0.1) is 0 Å². The third-order valence-corrected chi connectivity index (χ3v) is 3.97. The highest BCUT2D eigenvalue weighted by molar-refractivity contribution is 6.04. The van der Waals surface area contributed by atoms with Crippen LogP contribution in [0.25, 0.3) is 0 Å². The fraction of sp³-hybridized carbons (Fsp3) is 0.200. The highest BCUT2D eigenvalue weighted by Gasteiger charge is 2.10. The van der Waals surface area contributed by atoms with Gasteiger partial charge in [0, 0.05) is 30.2 Å². The second-order valence-corrected chi connectivity index (χ2v) is 6.13. The lowest BCUT2D eigenvalue weighted by molar-refractivity contribution is 0.102. The van der Waals surface area contributed by atoms with Crippen LogP contribution in [0.1, 0.15) is 41.3 Å². The van der Waals surface area contributed by atoms with Gasteiger partial charge in [-0.2, -0.15) is 0 Å². The molecule has 0 aliphatic carbocycles. The van der Waals surface area contributed by atoms with Crippen LogP contribution in [0.4, 0.5) is 5.69 Å². The molecule has 0 aliphatic heterocycles. The molecule has 3 rings (SSSR count). The number of nitrogens with zero attached hydrogens (tertiary/aromatic N) is 2. The lowest BCUT2D eigenvalue weighted by atomic mass is 10.0. The first-order valence-corrected chi connectivity index (χ1v) is 8.08. The Balaban J connectivity index is 1.71. The van der Waals surface area contributed by atoms with Crippen molar-refractivity contribution in [3.63, 3.8) is 0 Å². The number of anilines is 1. The molecule has 0 atom stereocenters. The number of para-hydroxylation sites is 1. The highest BCUT2D eigenvalue weighted by Crippen LogP contribution is 2.24. The molecular weight excluding hydrogens is 298 g/mol. The minimum Gasteiger partial charge on any atom is -0.333 e. The summed E-state index contributed by atoms with van der Waals surface area (Å²) in [6, 6.07) is 15.6. The van der Waals surface area contributed by atoms with Gasteiger partial charge in [0.25, 0.3) is 5.91 Å². The molecule has 0 aliphatic rings. The van der Waals surface area contributed by atoms with Crippen molar-refractivity contribution in [2.45, 2.75) is 26.3 Å². The summed E-state index contributed by atoms with van der Waals surface area (Å²) < 4.78 is 1.99. The topological polar surface area (TPSA) is 46.9 Å². The Labute approximate surface area is 142 Å². The largest absolute Gasteiger partial charge is 0.333 e. The van der Waals surface area contributed by atoms with Crippen molar-refractivity contribution >= 4 is 11.6 Å². The van der Waals surface area contributed by atoms with Crippen molar-refractivity contribution in [1.29, 1.82) is 0 Å². The van der Waals surface area contributed by atoms with E-state index in [0.717, 1.165) is 23.4 Å². The summed E-state index contributed by atoms with van der Waals surface area (Å²) in [5, 5.41) is 3.02. The molecule has 0 saturated heterocycles. The third kappa shape index (κ3) is 3.71. The molecule has 122 valence electrons. The summed E-state index contributed by atoms with van der Waals surface area (Å²) in [6.45, 7) is 4.99. The number of benzene rings is 2. The molecule has 1 aromatic heterocycles. The maximum absolute atomic E-state index is 12.5. The van der Waals surface area contributed by atoms with Crippen LogP contribution in [0.5, 0.6) is 0 Å². The molecule has 4 nitrogen and oxygen atoms in total. The second-order valence-electron chi connectivity index (χ2n) is 6.13. The molecule has 24 heavy (non-hydrogen) atoms. The van der Waals surface area contributed by atoms with E-state index in [0.29, 0.717) is 11.5 Å². The van der Waals surface area contributed by atoms with E-state index < -0.39 is 0 Å². The summed E-state index contributed by atoms with van der Waals surface area (Å²) in [5.74, 6) is 0.274. The van der Waals surface area contributed by atoms with Gasteiger partial charge in [0.2, 0.25) is 0 Å². The number of carbonyl (C=O) groups is 1. The van der Waals surface area contributed by atoms with Crippen molar-refractivity contribution in [2.75, 3.05) is 5.32 Å². The SMILES string of the molecule is CC(C)c1ccccc1NC(=O)c1ccc(Cn2ccnc2)cc1. The van der Waals surface area contributed by atoms with Gasteiger partial charge >= 0.3 is 0 Å². The number of hydrogen-bond acceptors (Lipinski definition) is 2. The molecule has 0 saturated carbocycles. The normalized spacial score (nSPS) is 10.8. The predicted octanol–water partition coefficient (Wildman–Crippen LogP) is 4.31. The monoisotopic (exact) mass is 319 g/mol. The molecule has 3 aromatic rings. The van der Waals surface area contributed by atoms with Gasteiger partial charge in [0.1, 0.15) is 0 Å². The van der Waals surface area contributed by atoms with Crippen LogP contribution >= 0.6 is 0 Å². The van der Waals surface area contributed by atoms with Crippen LogP contribution in [0.3, 0.4) is 0 Å². The van der Waals surface area contributed by atoms with E-state index in [1.165, 1.54) is 0 Å². The second kappa shape index (κ2) is 7.13. The van der Waals surface area contributed by atoms with Gasteiger partial charge in [0.05, 0.1) is 6.33 Å². The van der Waals surface area contributed by atoms with E-state index in [4.69, 9.17) is 0 Å². The van der Waals surface area contributed by atoms with Crippen LogP contribution in [0.15, 0.2) is 67.3 Å². The van der Waals surface area contributed by atoms with E-state index in [1.54, 1.807) is 12.5 Å². The van der Waals surface area contributed by atoms with Gasteiger partial charge < -0.3 is 9.88 Å². The maximum Gasteiger partial charge on any atom is 0.255 e.